The molecule has 5 rings (SSSR count). The zero-order chi connectivity index (χ0) is 33.1. The molecule has 1 aromatic heterocycles. The number of nitrogens with zero attached hydrogens (tertiary/aromatic N) is 1. The highest BCUT2D eigenvalue weighted by Crippen LogP contribution is 2.46. The molecule has 3 aromatic rings. The van der Waals surface area contributed by atoms with Gasteiger partial charge >= 0.3 is 0 Å². The van der Waals surface area contributed by atoms with E-state index >= 15 is 0 Å². The van der Waals surface area contributed by atoms with Crippen LogP contribution in [0.4, 0.5) is 0 Å². The van der Waals surface area contributed by atoms with Gasteiger partial charge in [0.15, 0.2) is 11.2 Å². The summed E-state index contributed by atoms with van der Waals surface area (Å²) in [6, 6.07) is 10.5. The molecule has 1 aliphatic carbocycles. The largest absolute Gasteiger partial charge is 0.508 e. The fraction of sp³-hybridized carbons (Fsp3) is 0.528. The number of fused-ring (bicyclic) bond motifs is 1. The summed E-state index contributed by atoms with van der Waals surface area (Å²) in [6.07, 6.45) is 8.64. The van der Waals surface area contributed by atoms with Crippen LogP contribution < -0.4 is 16.1 Å². The van der Waals surface area contributed by atoms with Crippen molar-refractivity contribution in [3.63, 3.8) is 0 Å². The molecule has 2 aromatic carbocycles. The summed E-state index contributed by atoms with van der Waals surface area (Å²) < 4.78 is 5.67. The first-order valence-corrected chi connectivity index (χ1v) is 16.8. The summed E-state index contributed by atoms with van der Waals surface area (Å²) in [5.74, 6) is -0.864. The maximum atomic E-state index is 13.8. The Balaban J connectivity index is 1.30. The Labute approximate surface area is 275 Å². The number of hydrogen-bond donors (Lipinski definition) is 4. The highest BCUT2D eigenvalue weighted by Gasteiger charge is 2.48. The Kier molecular flexibility index (Phi) is 10.3. The molecule has 248 valence electrons. The van der Waals surface area contributed by atoms with Gasteiger partial charge in [-0.1, -0.05) is 43.0 Å². The maximum Gasteiger partial charge on any atom is 0.287 e. The zero-order valence-corrected chi connectivity index (χ0v) is 27.8. The van der Waals surface area contributed by atoms with E-state index < -0.39 is 17.1 Å². The lowest BCUT2D eigenvalue weighted by molar-refractivity contribution is -0.141. The van der Waals surface area contributed by atoms with Crippen LogP contribution in [0, 0.1) is 11.3 Å². The monoisotopic (exact) mass is 651 g/mol. The van der Waals surface area contributed by atoms with Crippen LogP contribution in [-0.2, 0) is 11.2 Å². The van der Waals surface area contributed by atoms with Crippen LogP contribution in [0.3, 0.4) is 0 Å². The van der Waals surface area contributed by atoms with Crippen molar-refractivity contribution in [1.82, 2.24) is 15.5 Å². The van der Waals surface area contributed by atoms with Crippen molar-refractivity contribution in [1.29, 1.82) is 0 Å². The molecule has 46 heavy (non-hydrogen) atoms. The van der Waals surface area contributed by atoms with Crippen LogP contribution in [0.1, 0.15) is 88.3 Å². The molecule has 0 spiro atoms. The van der Waals surface area contributed by atoms with Gasteiger partial charge in [-0.2, -0.15) is 0 Å². The van der Waals surface area contributed by atoms with Gasteiger partial charge in [0.25, 0.3) is 5.91 Å². The molecule has 9 nitrogen and oxygen atoms in total. The standard InChI is InChI=1S/C36H46ClN3O6/c1-35(2,3)39-34(45)36(24-7-5-4-6-8-24)14-17-40(18-15-36)16-13-26(19-23-9-11-25(37)12-10-23)38-33(44)31-22-29(43)32-28(42)20-27(41)21-30(32)46-31/h9-12,20-22,24,26,41-42H,4-8,13-19H2,1-3H3,(H,38,44)(H,39,45)/t26-/m1/s1. The number of piperidine rings is 1. The minimum absolute atomic E-state index is 0.0744. The first kappa shape index (κ1) is 33.8. The van der Waals surface area contributed by atoms with Crippen molar-refractivity contribution in [3.8, 4) is 11.5 Å². The first-order valence-electron chi connectivity index (χ1n) is 16.4. The van der Waals surface area contributed by atoms with Gasteiger partial charge < -0.3 is 30.2 Å². The Morgan fingerprint density at radius 2 is 1.72 bits per heavy atom. The number of benzene rings is 2. The van der Waals surface area contributed by atoms with Crippen molar-refractivity contribution < 1.29 is 24.2 Å². The van der Waals surface area contributed by atoms with Crippen molar-refractivity contribution >= 4 is 34.4 Å². The average Bonchev–Trinajstić information content (AvgIpc) is 3.00. The molecule has 2 fully saturated rings. The van der Waals surface area contributed by atoms with E-state index in [0.29, 0.717) is 23.8 Å². The average molecular weight is 652 g/mol. The van der Waals surface area contributed by atoms with E-state index in [1.165, 1.54) is 25.3 Å². The number of phenols is 2. The minimum atomic E-state index is -0.580. The number of phenolic OH excluding ortho intramolecular Hbond substituents is 2. The van der Waals surface area contributed by atoms with E-state index in [1.807, 2.05) is 45.0 Å². The molecule has 4 N–H and O–H groups in total. The molecule has 0 radical (unpaired) electrons. The third-order valence-corrected chi connectivity index (χ3v) is 9.87. The van der Waals surface area contributed by atoms with E-state index in [0.717, 1.165) is 63.0 Å². The second-order valence-electron chi connectivity index (χ2n) is 14.1. The van der Waals surface area contributed by atoms with Gasteiger partial charge in [-0.25, -0.2) is 0 Å². The number of carbonyl (C=O) groups is 2. The van der Waals surface area contributed by atoms with Crippen LogP contribution >= 0.6 is 11.6 Å². The molecule has 0 bridgehead atoms. The van der Waals surface area contributed by atoms with E-state index in [4.69, 9.17) is 16.0 Å². The fourth-order valence-corrected chi connectivity index (χ4v) is 7.33. The quantitative estimate of drug-likeness (QED) is 0.218. The van der Waals surface area contributed by atoms with Crippen LogP contribution in [0.15, 0.2) is 51.7 Å². The summed E-state index contributed by atoms with van der Waals surface area (Å²) in [7, 11) is 0. The van der Waals surface area contributed by atoms with Crippen LogP contribution in [0.25, 0.3) is 11.0 Å². The van der Waals surface area contributed by atoms with Crippen molar-refractivity contribution in [2.45, 2.75) is 90.1 Å². The summed E-state index contributed by atoms with van der Waals surface area (Å²) in [5, 5.41) is 26.9. The predicted octanol–water partition coefficient (Wildman–Crippen LogP) is 6.17. The molecule has 2 heterocycles. The normalized spacial score (nSPS) is 18.3. The third kappa shape index (κ3) is 8.04. The molecule has 1 saturated heterocycles. The molecule has 0 unspecified atom stereocenters. The molecule has 2 aliphatic rings. The number of halogens is 1. The van der Waals surface area contributed by atoms with Gasteiger partial charge in [0.05, 0.1) is 5.41 Å². The topological polar surface area (TPSA) is 132 Å². The molecular formula is C36H46ClN3O6. The summed E-state index contributed by atoms with van der Waals surface area (Å²) in [6.45, 7) is 8.47. The summed E-state index contributed by atoms with van der Waals surface area (Å²) >= 11 is 6.11. The maximum absolute atomic E-state index is 13.8. The van der Waals surface area contributed by atoms with Crippen molar-refractivity contribution in [3.05, 3.63) is 69.0 Å². The van der Waals surface area contributed by atoms with E-state index in [-0.39, 0.29) is 45.4 Å². The number of likely N-dealkylation sites (tertiary alicyclic amines) is 1. The van der Waals surface area contributed by atoms with Gasteiger partial charge in [0.1, 0.15) is 22.5 Å². The Bertz CT molecular complexity index is 1600. The molecule has 2 amide bonds. The smallest absolute Gasteiger partial charge is 0.287 e. The number of hydrogen-bond acceptors (Lipinski definition) is 7. The molecule has 1 atom stereocenters. The number of carbonyl (C=O) groups excluding carboxylic acids is 2. The Morgan fingerprint density at radius 3 is 2.37 bits per heavy atom. The first-order chi connectivity index (χ1) is 21.8. The second kappa shape index (κ2) is 14.1. The minimum Gasteiger partial charge on any atom is -0.508 e. The van der Waals surface area contributed by atoms with Gasteiger partial charge in [0, 0.05) is 41.3 Å². The summed E-state index contributed by atoms with van der Waals surface area (Å²) in [5.41, 5.74) is -0.289. The van der Waals surface area contributed by atoms with E-state index in [1.54, 1.807) is 0 Å². The molecule has 10 heteroatoms. The second-order valence-corrected chi connectivity index (χ2v) is 14.6. The third-order valence-electron chi connectivity index (χ3n) is 9.62. The van der Waals surface area contributed by atoms with Gasteiger partial charge in [0.2, 0.25) is 5.91 Å². The number of amides is 2. The number of aromatic hydroxyl groups is 2. The molecular weight excluding hydrogens is 606 g/mol. The number of nitrogens with one attached hydrogen (secondary N) is 2. The van der Waals surface area contributed by atoms with Crippen LogP contribution in [0.5, 0.6) is 11.5 Å². The summed E-state index contributed by atoms with van der Waals surface area (Å²) in [4.78, 5) is 42.3. The highest BCUT2D eigenvalue weighted by atomic mass is 35.5. The Hall–Kier alpha value is -3.56. The fourth-order valence-electron chi connectivity index (χ4n) is 7.21. The predicted molar refractivity (Wildman–Crippen MR) is 179 cm³/mol. The van der Waals surface area contributed by atoms with Crippen molar-refractivity contribution in [2.75, 3.05) is 19.6 Å². The lowest BCUT2D eigenvalue weighted by atomic mass is 9.63. The Morgan fingerprint density at radius 1 is 1.04 bits per heavy atom. The van der Waals surface area contributed by atoms with Crippen LogP contribution in [-0.4, -0.2) is 58.1 Å². The van der Waals surface area contributed by atoms with Gasteiger partial charge in [-0.3, -0.25) is 14.4 Å². The zero-order valence-electron chi connectivity index (χ0n) is 27.0. The highest BCUT2D eigenvalue weighted by molar-refractivity contribution is 6.30. The number of rotatable bonds is 9. The van der Waals surface area contributed by atoms with Gasteiger partial charge in [-0.05, 0) is 96.0 Å². The van der Waals surface area contributed by atoms with Gasteiger partial charge in [-0.15, -0.1) is 0 Å². The van der Waals surface area contributed by atoms with E-state index in [2.05, 4.69) is 15.5 Å². The van der Waals surface area contributed by atoms with Crippen LogP contribution in [0.2, 0.25) is 5.02 Å². The SMILES string of the molecule is CC(C)(C)NC(=O)C1(C2CCCCC2)CCN(CC[C@H](Cc2ccc(Cl)cc2)NC(=O)c2cc(=O)c3c(O)cc(O)cc3o2)CC1. The lowest BCUT2D eigenvalue weighted by Gasteiger charge is -2.47. The lowest BCUT2D eigenvalue weighted by Crippen LogP contribution is -2.56. The molecule has 1 saturated carbocycles. The van der Waals surface area contributed by atoms with E-state index in [9.17, 15) is 24.6 Å². The van der Waals surface area contributed by atoms with Crippen molar-refractivity contribution in [2.24, 2.45) is 11.3 Å². The molecule has 1 aliphatic heterocycles.